The molecule has 0 aliphatic carbocycles. The average Bonchev–Trinajstić information content (AvgIpc) is 2.79. The number of carbonyl (C=O) groups is 1. The Balaban J connectivity index is 2.61. The van der Waals surface area contributed by atoms with Crippen LogP contribution in [0.1, 0.15) is 39.5 Å². The van der Waals surface area contributed by atoms with Crippen LogP contribution in [0.3, 0.4) is 0 Å². The zero-order chi connectivity index (χ0) is 15.2. The van der Waals surface area contributed by atoms with Crippen molar-refractivity contribution < 1.29 is 18.3 Å². The summed E-state index contributed by atoms with van der Waals surface area (Å²) in [5.41, 5.74) is 0. The summed E-state index contributed by atoms with van der Waals surface area (Å²) < 4.78 is 26.2. The van der Waals surface area contributed by atoms with Gasteiger partial charge in [-0.2, -0.15) is 0 Å². The van der Waals surface area contributed by atoms with Crippen molar-refractivity contribution in [2.24, 2.45) is 5.92 Å². The van der Waals surface area contributed by atoms with E-state index < -0.39 is 16.0 Å². The van der Waals surface area contributed by atoms with Crippen LogP contribution in [-0.4, -0.2) is 55.2 Å². The topological polar surface area (TPSA) is 86.7 Å². The number of rotatable bonds is 9. The fraction of sp³-hybridized carbons (Fsp3) is 0.923. The van der Waals surface area contributed by atoms with Crippen LogP contribution in [0.5, 0.6) is 0 Å². The molecule has 1 atom stereocenters. The molecule has 20 heavy (non-hydrogen) atoms. The molecule has 0 aromatic heterocycles. The molecular formula is C13H26N2O4S. The molecule has 6 nitrogen and oxygen atoms in total. The maximum atomic E-state index is 12.3. The van der Waals surface area contributed by atoms with Crippen LogP contribution in [-0.2, 0) is 14.8 Å². The predicted molar refractivity (Wildman–Crippen MR) is 78.1 cm³/mol. The number of carboxylic acids is 1. The molecule has 1 rings (SSSR count). The molecule has 1 heterocycles. The molecule has 0 bridgehead atoms. The number of hydrogen-bond acceptors (Lipinski definition) is 4. The quantitative estimate of drug-likeness (QED) is 0.660. The first-order chi connectivity index (χ1) is 9.31. The molecule has 0 spiro atoms. The van der Waals surface area contributed by atoms with Gasteiger partial charge in [0.15, 0.2) is 0 Å². The summed E-state index contributed by atoms with van der Waals surface area (Å²) in [6.07, 6.45) is 2.15. The van der Waals surface area contributed by atoms with Crippen molar-refractivity contribution in [3.63, 3.8) is 0 Å². The third kappa shape index (κ3) is 6.19. The molecule has 1 aliphatic rings. The summed E-state index contributed by atoms with van der Waals surface area (Å²) in [6, 6.07) is 0.225. The van der Waals surface area contributed by atoms with Gasteiger partial charge in [0, 0.05) is 25.6 Å². The van der Waals surface area contributed by atoms with Crippen LogP contribution >= 0.6 is 0 Å². The van der Waals surface area contributed by atoms with Crippen molar-refractivity contribution in [3.05, 3.63) is 0 Å². The molecule has 0 amide bonds. The second kappa shape index (κ2) is 7.95. The van der Waals surface area contributed by atoms with E-state index in [4.69, 9.17) is 5.11 Å². The van der Waals surface area contributed by atoms with Crippen molar-refractivity contribution in [3.8, 4) is 0 Å². The normalized spacial score (nSPS) is 19.9. The van der Waals surface area contributed by atoms with E-state index in [0.717, 1.165) is 19.4 Å². The Hall–Kier alpha value is -0.660. The number of aliphatic carboxylic acids is 1. The molecular weight excluding hydrogens is 280 g/mol. The van der Waals surface area contributed by atoms with Crippen LogP contribution in [0, 0.1) is 5.92 Å². The Labute approximate surface area is 121 Å². The zero-order valence-electron chi connectivity index (χ0n) is 12.3. The van der Waals surface area contributed by atoms with E-state index in [1.807, 2.05) is 13.8 Å². The number of nitrogens with one attached hydrogen (secondary N) is 1. The molecule has 7 heteroatoms. The van der Waals surface area contributed by atoms with Gasteiger partial charge < -0.3 is 10.4 Å². The van der Waals surface area contributed by atoms with Gasteiger partial charge in [-0.3, -0.25) is 4.79 Å². The maximum absolute atomic E-state index is 12.3. The summed E-state index contributed by atoms with van der Waals surface area (Å²) >= 11 is 0. The standard InChI is InChI=1S/C13H26N2O4S/c1-11(2)9-15(10-12-5-3-7-14-12)20(18,19)8-4-6-13(16)17/h11-12,14H,3-10H2,1-2H3,(H,16,17). The highest BCUT2D eigenvalue weighted by atomic mass is 32.2. The Morgan fingerprint density at radius 3 is 2.65 bits per heavy atom. The lowest BCUT2D eigenvalue weighted by atomic mass is 10.2. The molecule has 0 radical (unpaired) electrons. The summed E-state index contributed by atoms with van der Waals surface area (Å²) in [5, 5.41) is 11.9. The first-order valence-electron chi connectivity index (χ1n) is 7.24. The number of carboxylic acid groups (broad SMARTS) is 1. The largest absolute Gasteiger partial charge is 0.481 e. The van der Waals surface area contributed by atoms with Gasteiger partial charge in [-0.15, -0.1) is 0 Å². The Morgan fingerprint density at radius 2 is 2.15 bits per heavy atom. The minimum Gasteiger partial charge on any atom is -0.481 e. The van der Waals surface area contributed by atoms with E-state index in [2.05, 4.69) is 5.32 Å². The number of hydrogen-bond donors (Lipinski definition) is 2. The Kier molecular flexibility index (Phi) is 6.91. The van der Waals surface area contributed by atoms with Crippen molar-refractivity contribution in [2.75, 3.05) is 25.4 Å². The van der Waals surface area contributed by atoms with Crippen LogP contribution in [0.4, 0.5) is 0 Å². The van der Waals surface area contributed by atoms with Gasteiger partial charge >= 0.3 is 5.97 Å². The van der Waals surface area contributed by atoms with Crippen LogP contribution in [0.2, 0.25) is 0 Å². The third-order valence-corrected chi connectivity index (χ3v) is 5.23. The molecule has 118 valence electrons. The molecule has 0 saturated carbocycles. The van der Waals surface area contributed by atoms with Crippen LogP contribution in [0.15, 0.2) is 0 Å². The Morgan fingerprint density at radius 1 is 1.45 bits per heavy atom. The fourth-order valence-electron chi connectivity index (χ4n) is 2.40. The van der Waals surface area contributed by atoms with Gasteiger partial charge in [-0.05, 0) is 31.7 Å². The van der Waals surface area contributed by atoms with Gasteiger partial charge in [0.05, 0.1) is 5.75 Å². The second-order valence-corrected chi connectivity index (χ2v) is 7.91. The van der Waals surface area contributed by atoms with E-state index in [9.17, 15) is 13.2 Å². The molecule has 1 fully saturated rings. The zero-order valence-corrected chi connectivity index (χ0v) is 13.2. The monoisotopic (exact) mass is 306 g/mol. The van der Waals surface area contributed by atoms with Gasteiger partial charge in [0.25, 0.3) is 0 Å². The molecule has 2 N–H and O–H groups in total. The summed E-state index contributed by atoms with van der Waals surface area (Å²) in [7, 11) is -3.37. The number of sulfonamides is 1. The minimum absolute atomic E-state index is 0.0846. The predicted octanol–water partition coefficient (Wildman–Crippen LogP) is 0.891. The number of nitrogens with zero attached hydrogens (tertiary/aromatic N) is 1. The van der Waals surface area contributed by atoms with E-state index in [1.54, 1.807) is 0 Å². The molecule has 1 aliphatic heterocycles. The van der Waals surface area contributed by atoms with E-state index in [-0.39, 0.29) is 30.6 Å². The molecule has 1 saturated heterocycles. The molecule has 0 aromatic rings. The van der Waals surface area contributed by atoms with Crippen LogP contribution < -0.4 is 5.32 Å². The summed E-state index contributed by atoms with van der Waals surface area (Å²) in [5.74, 6) is -0.780. The van der Waals surface area contributed by atoms with E-state index in [1.165, 1.54) is 4.31 Å². The highest BCUT2D eigenvalue weighted by Gasteiger charge is 2.27. The van der Waals surface area contributed by atoms with E-state index in [0.29, 0.717) is 13.1 Å². The first-order valence-corrected chi connectivity index (χ1v) is 8.85. The average molecular weight is 306 g/mol. The lowest BCUT2D eigenvalue weighted by molar-refractivity contribution is -0.137. The molecule has 0 aromatic carbocycles. The Bertz CT molecular complexity index is 403. The third-order valence-electron chi connectivity index (χ3n) is 3.34. The summed E-state index contributed by atoms with van der Waals surface area (Å²) in [6.45, 7) is 5.91. The van der Waals surface area contributed by atoms with Gasteiger partial charge in [-0.25, -0.2) is 12.7 Å². The van der Waals surface area contributed by atoms with Gasteiger partial charge in [-0.1, -0.05) is 13.8 Å². The van der Waals surface area contributed by atoms with E-state index >= 15 is 0 Å². The highest BCUT2D eigenvalue weighted by Crippen LogP contribution is 2.14. The highest BCUT2D eigenvalue weighted by molar-refractivity contribution is 7.89. The molecule has 1 unspecified atom stereocenters. The minimum atomic E-state index is -3.37. The van der Waals surface area contributed by atoms with Crippen molar-refractivity contribution >= 4 is 16.0 Å². The van der Waals surface area contributed by atoms with Crippen molar-refractivity contribution in [2.45, 2.75) is 45.6 Å². The van der Waals surface area contributed by atoms with Crippen molar-refractivity contribution in [1.82, 2.24) is 9.62 Å². The van der Waals surface area contributed by atoms with Crippen LogP contribution in [0.25, 0.3) is 0 Å². The smallest absolute Gasteiger partial charge is 0.303 e. The first kappa shape index (κ1) is 17.4. The fourth-order valence-corrected chi connectivity index (χ4v) is 4.10. The second-order valence-electron chi connectivity index (χ2n) is 5.82. The SMILES string of the molecule is CC(C)CN(CC1CCCN1)S(=O)(=O)CCCC(=O)O. The van der Waals surface area contributed by atoms with Gasteiger partial charge in [0.1, 0.15) is 0 Å². The lowest BCUT2D eigenvalue weighted by Crippen LogP contribution is -2.43. The lowest BCUT2D eigenvalue weighted by Gasteiger charge is -2.26. The summed E-state index contributed by atoms with van der Waals surface area (Å²) in [4.78, 5) is 10.5. The maximum Gasteiger partial charge on any atom is 0.303 e. The van der Waals surface area contributed by atoms with Gasteiger partial charge in [0.2, 0.25) is 10.0 Å². The van der Waals surface area contributed by atoms with Crippen molar-refractivity contribution in [1.29, 1.82) is 0 Å².